The molecular weight excluding hydrogens is 588 g/mol. The summed E-state index contributed by atoms with van der Waals surface area (Å²) in [7, 11) is 0. The number of benzene rings is 2. The number of pyridine rings is 1. The predicted molar refractivity (Wildman–Crippen MR) is 150 cm³/mol. The van der Waals surface area contributed by atoms with Gasteiger partial charge in [-0.2, -0.15) is 0 Å². The number of hydrogen-bond donors (Lipinski definition) is 0. The molecule has 0 saturated carbocycles. The van der Waals surface area contributed by atoms with Crippen LogP contribution in [0.15, 0.2) is 88.6 Å². The Balaban J connectivity index is 1.17. The molecule has 1 fully saturated rings. The molecule has 192 valence electrons. The van der Waals surface area contributed by atoms with Crippen molar-refractivity contribution in [2.24, 2.45) is 0 Å². The highest BCUT2D eigenvalue weighted by atomic mass is 79.9. The van der Waals surface area contributed by atoms with Crippen LogP contribution in [0.5, 0.6) is 0 Å². The molecule has 3 aromatic heterocycles. The van der Waals surface area contributed by atoms with Gasteiger partial charge in [0.05, 0.1) is 36.3 Å². The minimum Gasteiger partial charge on any atom is -0.368 e. The van der Waals surface area contributed by atoms with Gasteiger partial charge in [0.1, 0.15) is 17.4 Å². The van der Waals surface area contributed by atoms with E-state index in [1.807, 2.05) is 82.5 Å². The second kappa shape index (κ2) is 10.9. The molecule has 0 bridgehead atoms. The number of imidazole rings is 1. The number of aromatic nitrogens is 5. The van der Waals surface area contributed by atoms with E-state index in [9.17, 15) is 4.79 Å². The number of carbonyl (C=O) groups is 1. The van der Waals surface area contributed by atoms with Crippen LogP contribution < -0.4 is 0 Å². The molecule has 1 amide bonds. The summed E-state index contributed by atoms with van der Waals surface area (Å²) < 4.78 is 10.5. The first-order valence-electron chi connectivity index (χ1n) is 12.0. The van der Waals surface area contributed by atoms with Crippen LogP contribution in [0.2, 0.25) is 5.02 Å². The number of halogens is 2. The van der Waals surface area contributed by atoms with Gasteiger partial charge in [-0.05, 0) is 58.4 Å². The molecule has 1 saturated heterocycles. The fraction of sp³-hybridized carbons (Fsp3) is 0.185. The SMILES string of the molecule is O=C(c1ccccc1SCc1cn2ccccc2n1)N1CCOC(c2cn(-c3cc(Cl)ccc3Br)nn2)C1. The first kappa shape index (κ1) is 25.1. The molecule has 6 rings (SSSR count). The molecule has 0 radical (unpaired) electrons. The first-order chi connectivity index (χ1) is 18.5. The van der Waals surface area contributed by atoms with Crippen molar-refractivity contribution >= 4 is 50.8 Å². The summed E-state index contributed by atoms with van der Waals surface area (Å²) in [6, 6.07) is 19.1. The molecule has 1 aliphatic heterocycles. The lowest BCUT2D eigenvalue weighted by molar-refractivity contribution is -0.0248. The van der Waals surface area contributed by atoms with Crippen LogP contribution >= 0.6 is 39.3 Å². The van der Waals surface area contributed by atoms with Gasteiger partial charge in [-0.25, -0.2) is 9.67 Å². The highest BCUT2D eigenvalue weighted by Crippen LogP contribution is 2.30. The van der Waals surface area contributed by atoms with Crippen LogP contribution in [0, 0.1) is 0 Å². The summed E-state index contributed by atoms with van der Waals surface area (Å²) in [6.45, 7) is 1.31. The van der Waals surface area contributed by atoms with Crippen LogP contribution in [0.4, 0.5) is 0 Å². The van der Waals surface area contributed by atoms with E-state index in [1.165, 1.54) is 0 Å². The van der Waals surface area contributed by atoms with Gasteiger partial charge in [0, 0.05) is 39.1 Å². The van der Waals surface area contributed by atoms with E-state index in [2.05, 4.69) is 31.2 Å². The summed E-state index contributed by atoms with van der Waals surface area (Å²) in [4.78, 5) is 21.1. The lowest BCUT2D eigenvalue weighted by Crippen LogP contribution is -2.42. The maximum atomic E-state index is 13.6. The van der Waals surface area contributed by atoms with Crippen LogP contribution in [0.1, 0.15) is 27.8 Å². The molecule has 1 unspecified atom stereocenters. The zero-order valence-electron chi connectivity index (χ0n) is 20.1. The van der Waals surface area contributed by atoms with E-state index in [4.69, 9.17) is 16.3 Å². The Morgan fingerprint density at radius 2 is 2.00 bits per heavy atom. The Morgan fingerprint density at radius 1 is 1.13 bits per heavy atom. The second-order valence-electron chi connectivity index (χ2n) is 8.78. The van der Waals surface area contributed by atoms with E-state index < -0.39 is 0 Å². The number of hydrogen-bond acceptors (Lipinski definition) is 6. The zero-order valence-corrected chi connectivity index (χ0v) is 23.2. The molecule has 38 heavy (non-hydrogen) atoms. The Hall–Kier alpha value is -3.18. The molecule has 1 atom stereocenters. The summed E-state index contributed by atoms with van der Waals surface area (Å²) in [5.41, 5.74) is 3.98. The van der Waals surface area contributed by atoms with Crippen LogP contribution in [-0.4, -0.2) is 54.9 Å². The molecule has 11 heteroatoms. The van der Waals surface area contributed by atoms with Crippen molar-refractivity contribution in [3.05, 3.63) is 106 Å². The molecule has 5 aromatic rings. The third-order valence-electron chi connectivity index (χ3n) is 6.26. The van der Waals surface area contributed by atoms with Gasteiger partial charge in [0.2, 0.25) is 0 Å². The van der Waals surface area contributed by atoms with Crippen molar-refractivity contribution in [3.63, 3.8) is 0 Å². The summed E-state index contributed by atoms with van der Waals surface area (Å²) >= 11 is 11.3. The Kier molecular flexibility index (Phi) is 7.20. The number of fused-ring (bicyclic) bond motifs is 1. The van der Waals surface area contributed by atoms with Gasteiger partial charge in [-0.3, -0.25) is 4.79 Å². The number of thioether (sulfide) groups is 1. The van der Waals surface area contributed by atoms with Crippen molar-refractivity contribution in [3.8, 4) is 5.69 Å². The fourth-order valence-corrected chi connectivity index (χ4v) is 5.89. The third-order valence-corrected chi connectivity index (χ3v) is 8.27. The standard InChI is InChI=1S/C27H22BrClN6O2S/c28-21-9-8-18(29)13-23(21)35-15-22(31-32-35)24-16-34(11-12-37-24)27(36)20-5-1-2-6-25(20)38-17-19-14-33-10-4-3-7-26(33)30-19/h1-10,13-15,24H,11-12,16-17H2. The molecular formula is C27H22BrClN6O2S. The summed E-state index contributed by atoms with van der Waals surface area (Å²) in [5, 5.41) is 9.18. The molecule has 1 aliphatic rings. The average Bonchev–Trinajstić information content (AvgIpc) is 3.60. The normalized spacial score (nSPS) is 15.7. The number of morpholine rings is 1. The van der Waals surface area contributed by atoms with Gasteiger partial charge >= 0.3 is 0 Å². The van der Waals surface area contributed by atoms with Gasteiger partial charge < -0.3 is 14.0 Å². The fourth-order valence-electron chi connectivity index (χ4n) is 4.36. The van der Waals surface area contributed by atoms with Crippen molar-refractivity contribution in [1.82, 2.24) is 29.3 Å². The van der Waals surface area contributed by atoms with Gasteiger partial charge in [0.15, 0.2) is 0 Å². The van der Waals surface area contributed by atoms with Crippen LogP contribution in [0.3, 0.4) is 0 Å². The lowest BCUT2D eigenvalue weighted by Gasteiger charge is -2.32. The van der Waals surface area contributed by atoms with Crippen molar-refractivity contribution < 1.29 is 9.53 Å². The number of nitrogens with zero attached hydrogens (tertiary/aromatic N) is 6. The number of ether oxygens (including phenoxy) is 1. The minimum atomic E-state index is -0.378. The monoisotopic (exact) mass is 608 g/mol. The molecule has 0 N–H and O–H groups in total. The largest absolute Gasteiger partial charge is 0.368 e. The molecule has 0 spiro atoms. The highest BCUT2D eigenvalue weighted by Gasteiger charge is 2.29. The Morgan fingerprint density at radius 3 is 2.89 bits per heavy atom. The molecule has 2 aromatic carbocycles. The zero-order chi connectivity index (χ0) is 26.1. The topological polar surface area (TPSA) is 77.5 Å². The maximum Gasteiger partial charge on any atom is 0.255 e. The van der Waals surface area contributed by atoms with Gasteiger partial charge in [0.25, 0.3) is 5.91 Å². The smallest absolute Gasteiger partial charge is 0.255 e. The predicted octanol–water partition coefficient (Wildman–Crippen LogP) is 5.84. The summed E-state index contributed by atoms with van der Waals surface area (Å²) in [6.07, 6.45) is 5.44. The Bertz CT molecular complexity index is 1590. The quantitative estimate of drug-likeness (QED) is 0.225. The van der Waals surface area contributed by atoms with Gasteiger partial charge in [-0.15, -0.1) is 16.9 Å². The number of rotatable bonds is 6. The van der Waals surface area contributed by atoms with E-state index in [1.54, 1.807) is 22.5 Å². The highest BCUT2D eigenvalue weighted by molar-refractivity contribution is 9.10. The van der Waals surface area contributed by atoms with E-state index in [0.29, 0.717) is 41.7 Å². The van der Waals surface area contributed by atoms with E-state index in [0.717, 1.165) is 26.4 Å². The van der Waals surface area contributed by atoms with E-state index in [-0.39, 0.29) is 12.0 Å². The van der Waals surface area contributed by atoms with Crippen molar-refractivity contribution in [1.29, 1.82) is 0 Å². The molecule has 4 heterocycles. The van der Waals surface area contributed by atoms with Crippen molar-refractivity contribution in [2.75, 3.05) is 19.7 Å². The third kappa shape index (κ3) is 5.22. The number of amides is 1. The van der Waals surface area contributed by atoms with Crippen LogP contribution in [-0.2, 0) is 10.5 Å². The van der Waals surface area contributed by atoms with E-state index >= 15 is 0 Å². The van der Waals surface area contributed by atoms with Crippen LogP contribution in [0.25, 0.3) is 11.3 Å². The first-order valence-corrected chi connectivity index (χ1v) is 14.1. The lowest BCUT2D eigenvalue weighted by atomic mass is 10.1. The minimum absolute atomic E-state index is 0.0265. The number of carbonyl (C=O) groups excluding carboxylic acids is 1. The second-order valence-corrected chi connectivity index (χ2v) is 11.1. The maximum absolute atomic E-state index is 13.6. The van der Waals surface area contributed by atoms with Gasteiger partial charge in [-0.1, -0.05) is 35.0 Å². The molecule has 8 nitrogen and oxygen atoms in total. The average molecular weight is 610 g/mol. The molecule has 0 aliphatic carbocycles. The van der Waals surface area contributed by atoms with Crippen molar-refractivity contribution in [2.45, 2.75) is 16.8 Å². The summed E-state index contributed by atoms with van der Waals surface area (Å²) in [5.74, 6) is 0.640. The Labute approximate surface area is 236 Å².